The van der Waals surface area contributed by atoms with Gasteiger partial charge in [0.05, 0.1) is 16.9 Å². The topological polar surface area (TPSA) is 45.2 Å². The number of hydrogen-bond acceptors (Lipinski definition) is 3. The molecular formula is C22H29N3O. The monoisotopic (exact) mass is 351 g/mol. The molecule has 0 bridgehead atoms. The first kappa shape index (κ1) is 18.4. The van der Waals surface area contributed by atoms with E-state index in [1.165, 1.54) is 42.5 Å². The van der Waals surface area contributed by atoms with Crippen LogP contribution in [0.5, 0.6) is 0 Å². The standard InChI is InChI=1S/C22H29N3O/c1-4-5-6-7-12-25-13-10-19-16(2)14-17(3)20(21(19)25)24-22(26)18-9-8-11-23-15-18/h8-9,11,14-15H,4-7,10,12-13H2,1-3H3,(H,24,26). The summed E-state index contributed by atoms with van der Waals surface area (Å²) in [5.74, 6) is -0.0925. The molecule has 0 spiro atoms. The van der Waals surface area contributed by atoms with Gasteiger partial charge in [0.2, 0.25) is 0 Å². The van der Waals surface area contributed by atoms with Gasteiger partial charge in [-0.2, -0.15) is 0 Å². The minimum atomic E-state index is -0.0925. The molecule has 4 heteroatoms. The Hall–Kier alpha value is -2.36. The van der Waals surface area contributed by atoms with Gasteiger partial charge < -0.3 is 10.2 Å². The van der Waals surface area contributed by atoms with Gasteiger partial charge >= 0.3 is 0 Å². The van der Waals surface area contributed by atoms with Crippen LogP contribution in [0.4, 0.5) is 11.4 Å². The molecule has 3 rings (SSSR count). The smallest absolute Gasteiger partial charge is 0.257 e. The van der Waals surface area contributed by atoms with E-state index in [-0.39, 0.29) is 5.91 Å². The molecule has 0 fully saturated rings. The number of carbonyl (C=O) groups excluding carboxylic acids is 1. The maximum atomic E-state index is 12.7. The molecule has 0 saturated carbocycles. The van der Waals surface area contributed by atoms with E-state index in [1.807, 2.05) is 0 Å². The van der Waals surface area contributed by atoms with Crippen LogP contribution >= 0.6 is 0 Å². The summed E-state index contributed by atoms with van der Waals surface area (Å²) >= 11 is 0. The molecule has 2 aromatic rings. The van der Waals surface area contributed by atoms with Gasteiger partial charge in [-0.15, -0.1) is 0 Å². The van der Waals surface area contributed by atoms with E-state index in [0.29, 0.717) is 5.56 Å². The predicted octanol–water partition coefficient (Wildman–Crippen LogP) is 4.89. The van der Waals surface area contributed by atoms with Crippen molar-refractivity contribution in [2.75, 3.05) is 23.3 Å². The van der Waals surface area contributed by atoms with Crippen molar-refractivity contribution in [3.05, 3.63) is 52.8 Å². The summed E-state index contributed by atoms with van der Waals surface area (Å²) in [4.78, 5) is 19.2. The molecular weight excluding hydrogens is 322 g/mol. The lowest BCUT2D eigenvalue weighted by Crippen LogP contribution is -2.24. The third kappa shape index (κ3) is 3.90. The van der Waals surface area contributed by atoms with Crippen molar-refractivity contribution in [1.82, 2.24) is 4.98 Å². The molecule has 138 valence electrons. The molecule has 26 heavy (non-hydrogen) atoms. The van der Waals surface area contributed by atoms with Crippen LogP contribution in [-0.4, -0.2) is 24.0 Å². The zero-order valence-corrected chi connectivity index (χ0v) is 16.1. The maximum absolute atomic E-state index is 12.7. The Morgan fingerprint density at radius 2 is 2.08 bits per heavy atom. The van der Waals surface area contributed by atoms with Crippen LogP contribution in [-0.2, 0) is 6.42 Å². The first-order chi connectivity index (χ1) is 12.6. The normalized spacial score (nSPS) is 13.0. The molecule has 0 saturated heterocycles. The summed E-state index contributed by atoms with van der Waals surface area (Å²) in [7, 11) is 0. The third-order valence-electron chi connectivity index (χ3n) is 5.22. The molecule has 1 aromatic carbocycles. The van der Waals surface area contributed by atoms with Crippen molar-refractivity contribution < 1.29 is 4.79 Å². The Morgan fingerprint density at radius 3 is 2.81 bits per heavy atom. The maximum Gasteiger partial charge on any atom is 0.257 e. The number of hydrogen-bond donors (Lipinski definition) is 1. The van der Waals surface area contributed by atoms with Crippen LogP contribution < -0.4 is 10.2 Å². The second kappa shape index (κ2) is 8.35. The fraction of sp³-hybridized carbons (Fsp3) is 0.455. The number of nitrogens with zero attached hydrogens (tertiary/aromatic N) is 2. The Kier molecular flexibility index (Phi) is 5.92. The molecule has 0 unspecified atom stereocenters. The summed E-state index contributed by atoms with van der Waals surface area (Å²) in [5.41, 5.74) is 6.62. The lowest BCUT2D eigenvalue weighted by molar-refractivity contribution is 0.102. The largest absolute Gasteiger partial charge is 0.369 e. The van der Waals surface area contributed by atoms with Crippen LogP contribution in [0.15, 0.2) is 30.6 Å². The van der Waals surface area contributed by atoms with Crippen molar-refractivity contribution in [2.24, 2.45) is 0 Å². The number of amides is 1. The van der Waals surface area contributed by atoms with Crippen molar-refractivity contribution >= 4 is 17.3 Å². The second-order valence-electron chi connectivity index (χ2n) is 7.21. The van der Waals surface area contributed by atoms with E-state index in [9.17, 15) is 4.79 Å². The number of aromatic nitrogens is 1. The average Bonchev–Trinajstić information content (AvgIpc) is 3.07. The second-order valence-corrected chi connectivity index (χ2v) is 7.21. The van der Waals surface area contributed by atoms with Crippen molar-refractivity contribution in [3.63, 3.8) is 0 Å². The minimum absolute atomic E-state index is 0.0925. The zero-order valence-electron chi connectivity index (χ0n) is 16.1. The van der Waals surface area contributed by atoms with Gasteiger partial charge in [0, 0.05) is 25.5 Å². The van der Waals surface area contributed by atoms with Gasteiger partial charge in [0.25, 0.3) is 5.91 Å². The fourth-order valence-corrected chi connectivity index (χ4v) is 3.83. The van der Waals surface area contributed by atoms with Crippen LogP contribution in [0.3, 0.4) is 0 Å². The number of fused-ring (bicyclic) bond motifs is 1. The Balaban J connectivity index is 1.86. The third-order valence-corrected chi connectivity index (χ3v) is 5.22. The summed E-state index contributed by atoms with van der Waals surface area (Å²) < 4.78 is 0. The number of unbranched alkanes of at least 4 members (excludes halogenated alkanes) is 3. The molecule has 1 N–H and O–H groups in total. The van der Waals surface area contributed by atoms with Crippen molar-refractivity contribution in [2.45, 2.75) is 52.9 Å². The number of rotatable bonds is 7. The minimum Gasteiger partial charge on any atom is -0.369 e. The van der Waals surface area contributed by atoms with Crippen molar-refractivity contribution in [3.8, 4) is 0 Å². The SMILES string of the molecule is CCCCCCN1CCc2c(C)cc(C)c(NC(=O)c3cccnc3)c21. The highest BCUT2D eigenvalue weighted by atomic mass is 16.1. The first-order valence-electron chi connectivity index (χ1n) is 9.71. The van der Waals surface area contributed by atoms with Gasteiger partial charge in [0.15, 0.2) is 0 Å². The summed E-state index contributed by atoms with van der Waals surface area (Å²) in [5, 5.41) is 3.17. The van der Waals surface area contributed by atoms with Crippen LogP contribution in [0, 0.1) is 13.8 Å². The Labute approximate surface area is 156 Å². The van der Waals surface area contributed by atoms with Crippen molar-refractivity contribution in [1.29, 1.82) is 0 Å². The molecule has 0 radical (unpaired) electrons. The fourth-order valence-electron chi connectivity index (χ4n) is 3.83. The molecule has 1 amide bonds. The highest BCUT2D eigenvalue weighted by Gasteiger charge is 2.26. The molecule has 2 heterocycles. The molecule has 1 aliphatic rings. The van der Waals surface area contributed by atoms with Gasteiger partial charge in [-0.1, -0.05) is 32.3 Å². The van der Waals surface area contributed by atoms with Crippen LogP contribution in [0.25, 0.3) is 0 Å². The van der Waals surface area contributed by atoms with Gasteiger partial charge in [-0.05, 0) is 55.5 Å². The zero-order chi connectivity index (χ0) is 18.5. The highest BCUT2D eigenvalue weighted by molar-refractivity contribution is 6.06. The number of carbonyl (C=O) groups is 1. The van der Waals surface area contributed by atoms with E-state index in [4.69, 9.17) is 0 Å². The Morgan fingerprint density at radius 1 is 1.23 bits per heavy atom. The quantitative estimate of drug-likeness (QED) is 0.722. The molecule has 1 aliphatic heterocycles. The summed E-state index contributed by atoms with van der Waals surface area (Å²) in [6.07, 6.45) is 9.37. The van der Waals surface area contributed by atoms with Gasteiger partial charge in [0.1, 0.15) is 0 Å². The van der Waals surface area contributed by atoms with E-state index in [2.05, 4.69) is 42.0 Å². The number of aryl methyl sites for hydroxylation is 2. The molecule has 0 aliphatic carbocycles. The van der Waals surface area contributed by atoms with E-state index in [1.54, 1.807) is 24.5 Å². The summed E-state index contributed by atoms with van der Waals surface area (Å²) in [6.45, 7) is 8.61. The van der Waals surface area contributed by atoms with E-state index in [0.717, 1.165) is 30.8 Å². The molecule has 0 atom stereocenters. The first-order valence-corrected chi connectivity index (χ1v) is 9.71. The lowest BCUT2D eigenvalue weighted by atomic mass is 10.0. The number of benzene rings is 1. The van der Waals surface area contributed by atoms with Crippen LogP contribution in [0.1, 0.15) is 59.7 Å². The van der Waals surface area contributed by atoms with Gasteiger partial charge in [-0.25, -0.2) is 0 Å². The average molecular weight is 351 g/mol. The Bertz CT molecular complexity index is 771. The summed E-state index contributed by atoms with van der Waals surface area (Å²) in [6, 6.07) is 5.79. The van der Waals surface area contributed by atoms with E-state index >= 15 is 0 Å². The number of anilines is 2. The van der Waals surface area contributed by atoms with E-state index < -0.39 is 0 Å². The van der Waals surface area contributed by atoms with Crippen LogP contribution in [0.2, 0.25) is 0 Å². The molecule has 4 nitrogen and oxygen atoms in total. The lowest BCUT2D eigenvalue weighted by Gasteiger charge is -2.24. The number of nitrogens with one attached hydrogen (secondary N) is 1. The number of pyridine rings is 1. The predicted molar refractivity (Wildman–Crippen MR) is 108 cm³/mol. The van der Waals surface area contributed by atoms with Gasteiger partial charge in [-0.3, -0.25) is 9.78 Å². The molecule has 1 aromatic heterocycles. The highest BCUT2D eigenvalue weighted by Crippen LogP contribution is 2.40.